The summed E-state index contributed by atoms with van der Waals surface area (Å²) >= 11 is 0. The average molecular weight is 317 g/mol. The van der Waals surface area contributed by atoms with Gasteiger partial charge in [0, 0.05) is 24.3 Å². The fourth-order valence-corrected chi connectivity index (χ4v) is 1.10. The highest BCUT2D eigenvalue weighted by molar-refractivity contribution is 5.92. The van der Waals surface area contributed by atoms with Crippen molar-refractivity contribution in [3.63, 3.8) is 0 Å². The number of aromatic nitrogens is 2. The Hall–Kier alpha value is -2.18. The van der Waals surface area contributed by atoms with Crippen LogP contribution in [0.5, 0.6) is 0 Å². The van der Waals surface area contributed by atoms with Gasteiger partial charge in [0.1, 0.15) is 0 Å². The Labute approximate surface area is 128 Å². The lowest BCUT2D eigenvalue weighted by Gasteiger charge is -1.85. The largest absolute Gasteiger partial charge is 1.00 e. The monoisotopic (exact) mass is 316 g/mol. The van der Waals surface area contributed by atoms with Crippen LogP contribution in [-0.4, -0.2) is 11.8 Å². The summed E-state index contributed by atoms with van der Waals surface area (Å²) in [5.41, 5.74) is 11.0. The van der Waals surface area contributed by atoms with Gasteiger partial charge in [0.25, 0.3) is 0 Å². The molecule has 0 saturated heterocycles. The molecule has 2 heterocycles. The second-order valence-electron chi connectivity index (χ2n) is 3.31. The number of rotatable bonds is 2. The van der Waals surface area contributed by atoms with Crippen LogP contribution in [0.15, 0.2) is 49.1 Å². The maximum absolute atomic E-state index is 10.4. The number of hydrogen-bond acceptors (Lipinski definition) is 2. The first-order valence-electron chi connectivity index (χ1n) is 5.13. The molecule has 2 rings (SSSR count). The van der Waals surface area contributed by atoms with Crippen LogP contribution in [0.3, 0.4) is 0 Å². The SMILES string of the molecule is NC(=O)c1cc[nH+]cc1.NC(=O)c1cc[nH+]cc1.[Cl-].[Cl-]. The number of halogens is 2. The highest BCUT2D eigenvalue weighted by atomic mass is 35.5. The van der Waals surface area contributed by atoms with Gasteiger partial charge < -0.3 is 36.3 Å². The lowest BCUT2D eigenvalue weighted by molar-refractivity contribution is -0.378. The number of nitrogens with one attached hydrogen (secondary N) is 2. The van der Waals surface area contributed by atoms with Crippen LogP contribution in [0.2, 0.25) is 0 Å². The van der Waals surface area contributed by atoms with Gasteiger partial charge in [-0.3, -0.25) is 9.59 Å². The van der Waals surface area contributed by atoms with Crippen molar-refractivity contribution in [2.75, 3.05) is 0 Å². The van der Waals surface area contributed by atoms with Gasteiger partial charge in [0.15, 0.2) is 24.8 Å². The molecule has 0 unspecified atom stereocenters. The van der Waals surface area contributed by atoms with Crippen LogP contribution in [0.25, 0.3) is 0 Å². The molecule has 2 amide bonds. The van der Waals surface area contributed by atoms with Gasteiger partial charge in [-0.1, -0.05) is 0 Å². The number of nitrogens with two attached hydrogens (primary N) is 2. The normalized spacial score (nSPS) is 8.00. The Bertz CT molecular complexity index is 474. The number of aromatic amines is 2. The molecule has 20 heavy (non-hydrogen) atoms. The molecule has 0 radical (unpaired) electrons. The molecule has 0 atom stereocenters. The summed E-state index contributed by atoms with van der Waals surface area (Å²) in [6, 6.07) is 6.51. The predicted octanol–water partition coefficient (Wildman–Crippen LogP) is -6.79. The summed E-state index contributed by atoms with van der Waals surface area (Å²) in [5, 5.41) is 0. The smallest absolute Gasteiger partial charge is 0.249 e. The minimum atomic E-state index is -0.399. The van der Waals surface area contributed by atoms with Crippen LogP contribution in [-0.2, 0) is 0 Å². The molecule has 0 fully saturated rings. The number of carbonyl (C=O) groups is 2. The molecule has 0 bridgehead atoms. The van der Waals surface area contributed by atoms with Crippen LogP contribution in [0.1, 0.15) is 20.7 Å². The Kier molecular flexibility index (Phi) is 10.8. The molecular weight excluding hydrogens is 303 g/mol. The fourth-order valence-electron chi connectivity index (χ4n) is 1.10. The lowest BCUT2D eigenvalue weighted by Crippen LogP contribution is -3.00. The lowest BCUT2D eigenvalue weighted by atomic mass is 10.3. The number of hydrogen-bond donors (Lipinski definition) is 2. The van der Waals surface area contributed by atoms with Crippen LogP contribution < -0.4 is 46.2 Å². The third-order valence-electron chi connectivity index (χ3n) is 2.01. The maximum atomic E-state index is 10.4. The zero-order valence-corrected chi connectivity index (χ0v) is 11.9. The van der Waals surface area contributed by atoms with Crippen molar-refractivity contribution in [1.82, 2.24) is 0 Å². The van der Waals surface area contributed by atoms with E-state index in [1.807, 2.05) is 0 Å². The molecule has 108 valence electrons. The predicted molar refractivity (Wildman–Crippen MR) is 63.0 cm³/mol. The summed E-state index contributed by atoms with van der Waals surface area (Å²) in [5.74, 6) is -0.798. The number of amides is 2. The van der Waals surface area contributed by atoms with Crippen molar-refractivity contribution in [3.8, 4) is 0 Å². The van der Waals surface area contributed by atoms with Crippen LogP contribution >= 0.6 is 0 Å². The average Bonchev–Trinajstić information content (AvgIpc) is 2.41. The Morgan fingerprint density at radius 1 is 0.700 bits per heavy atom. The molecule has 2 aromatic heterocycles. The minimum Gasteiger partial charge on any atom is -1.00 e. The molecule has 0 aliphatic carbocycles. The van der Waals surface area contributed by atoms with E-state index in [9.17, 15) is 9.59 Å². The molecule has 0 aliphatic heterocycles. The van der Waals surface area contributed by atoms with Crippen molar-refractivity contribution in [1.29, 1.82) is 0 Å². The van der Waals surface area contributed by atoms with Gasteiger partial charge in [-0.05, 0) is 0 Å². The second-order valence-corrected chi connectivity index (χ2v) is 3.31. The first-order valence-corrected chi connectivity index (χ1v) is 5.13. The van der Waals surface area contributed by atoms with E-state index < -0.39 is 11.8 Å². The van der Waals surface area contributed by atoms with E-state index in [4.69, 9.17) is 11.5 Å². The molecule has 0 spiro atoms. The third-order valence-corrected chi connectivity index (χ3v) is 2.01. The van der Waals surface area contributed by atoms with E-state index in [2.05, 4.69) is 9.97 Å². The summed E-state index contributed by atoms with van der Waals surface area (Å²) < 4.78 is 0. The van der Waals surface area contributed by atoms with E-state index in [-0.39, 0.29) is 24.8 Å². The second kappa shape index (κ2) is 10.7. The Balaban J connectivity index is 0. The first-order chi connectivity index (χ1) is 8.61. The van der Waals surface area contributed by atoms with Crippen molar-refractivity contribution >= 4 is 11.8 Å². The quantitative estimate of drug-likeness (QED) is 0.573. The minimum absolute atomic E-state index is 0. The van der Waals surface area contributed by atoms with E-state index in [1.165, 1.54) is 0 Å². The zero-order valence-electron chi connectivity index (χ0n) is 10.3. The summed E-state index contributed by atoms with van der Waals surface area (Å²) in [6.45, 7) is 0. The summed E-state index contributed by atoms with van der Waals surface area (Å²) in [7, 11) is 0. The van der Waals surface area contributed by atoms with Crippen molar-refractivity contribution in [2.45, 2.75) is 0 Å². The topological polar surface area (TPSA) is 114 Å². The zero-order chi connectivity index (χ0) is 13.4. The molecule has 6 N–H and O–H groups in total. The van der Waals surface area contributed by atoms with E-state index in [1.54, 1.807) is 49.1 Å². The van der Waals surface area contributed by atoms with Crippen molar-refractivity contribution in [2.24, 2.45) is 11.5 Å². The number of pyridine rings is 2. The Morgan fingerprint density at radius 2 is 0.950 bits per heavy atom. The fraction of sp³-hybridized carbons (Fsp3) is 0. The van der Waals surface area contributed by atoms with Crippen molar-refractivity contribution in [3.05, 3.63) is 60.2 Å². The molecule has 0 saturated carbocycles. The van der Waals surface area contributed by atoms with E-state index >= 15 is 0 Å². The molecule has 8 heteroatoms. The molecule has 6 nitrogen and oxygen atoms in total. The number of carbonyl (C=O) groups excluding carboxylic acids is 2. The molecule has 0 aromatic carbocycles. The van der Waals surface area contributed by atoms with E-state index in [0.29, 0.717) is 11.1 Å². The van der Waals surface area contributed by atoms with Crippen molar-refractivity contribution < 1.29 is 44.4 Å². The van der Waals surface area contributed by atoms with E-state index in [0.717, 1.165) is 0 Å². The highest BCUT2D eigenvalue weighted by Crippen LogP contribution is 1.90. The third kappa shape index (κ3) is 7.30. The van der Waals surface area contributed by atoms with Gasteiger partial charge >= 0.3 is 0 Å². The van der Waals surface area contributed by atoms with Gasteiger partial charge in [-0.25, -0.2) is 9.97 Å². The molecular formula is C12H14Cl2N4O2. The van der Waals surface area contributed by atoms with Gasteiger partial charge in [-0.15, -0.1) is 0 Å². The number of H-pyrrole nitrogens is 2. The van der Waals surface area contributed by atoms with Gasteiger partial charge in [0.2, 0.25) is 11.8 Å². The summed E-state index contributed by atoms with van der Waals surface area (Å²) in [6.07, 6.45) is 6.61. The first kappa shape index (κ1) is 20.1. The van der Waals surface area contributed by atoms with Crippen LogP contribution in [0, 0.1) is 0 Å². The van der Waals surface area contributed by atoms with Gasteiger partial charge in [-0.2, -0.15) is 0 Å². The standard InChI is InChI=1S/2C6H6N2O.2ClH/c2*7-6(9)5-1-3-8-4-2-5;;/h2*1-4H,(H2,7,9);2*1H. The molecule has 0 aliphatic rings. The Morgan fingerprint density at radius 3 is 1.10 bits per heavy atom. The summed E-state index contributed by atoms with van der Waals surface area (Å²) in [4.78, 5) is 26.4. The van der Waals surface area contributed by atoms with Crippen LogP contribution in [0.4, 0.5) is 0 Å². The molecule has 2 aromatic rings. The van der Waals surface area contributed by atoms with Gasteiger partial charge in [0.05, 0.1) is 11.1 Å². The maximum Gasteiger partial charge on any atom is 0.249 e. The number of primary amides is 2. The highest BCUT2D eigenvalue weighted by Gasteiger charge is 1.97.